The van der Waals surface area contributed by atoms with Crippen LogP contribution in [0.3, 0.4) is 0 Å². The van der Waals surface area contributed by atoms with E-state index in [0.29, 0.717) is 5.25 Å². The number of hydrogen-bond donors (Lipinski definition) is 2. The van der Waals surface area contributed by atoms with Crippen molar-refractivity contribution >= 4 is 30.1 Å². The van der Waals surface area contributed by atoms with Gasteiger partial charge in [-0.2, -0.15) is 11.8 Å². The van der Waals surface area contributed by atoms with Gasteiger partial charge in [0.1, 0.15) is 0 Å². The average molecular weight is 279 g/mol. The van der Waals surface area contributed by atoms with Crippen LogP contribution in [0.4, 0.5) is 0 Å². The molecule has 2 fully saturated rings. The minimum atomic E-state index is -0.318. The van der Waals surface area contributed by atoms with Crippen LogP contribution in [0.2, 0.25) is 0 Å². The van der Waals surface area contributed by atoms with Crippen LogP contribution in [0.25, 0.3) is 0 Å². The average Bonchev–Trinajstić information content (AvgIpc) is 2.79. The Balaban J connectivity index is 0.00000144. The minimum Gasteiger partial charge on any atom is -0.353 e. The van der Waals surface area contributed by atoms with Gasteiger partial charge in [0.05, 0.1) is 5.54 Å². The number of carbonyl (C=O) groups is 1. The number of hydrogen-bond acceptors (Lipinski definition) is 3. The Kier molecular flexibility index (Phi) is 6.10. The Morgan fingerprint density at radius 1 is 1.47 bits per heavy atom. The first kappa shape index (κ1) is 15.1. The molecule has 0 saturated carbocycles. The number of halogens is 1. The lowest BCUT2D eigenvalue weighted by Gasteiger charge is -2.33. The van der Waals surface area contributed by atoms with Crippen molar-refractivity contribution in [3.63, 3.8) is 0 Å². The highest BCUT2D eigenvalue weighted by atomic mass is 35.5. The molecule has 2 aliphatic rings. The Labute approximate surface area is 114 Å². The molecule has 0 spiro atoms. The molecule has 0 aromatic heterocycles. The van der Waals surface area contributed by atoms with Gasteiger partial charge in [-0.15, -0.1) is 12.4 Å². The number of amides is 1. The summed E-state index contributed by atoms with van der Waals surface area (Å²) in [5.74, 6) is 1.45. The molecule has 2 aliphatic heterocycles. The van der Waals surface area contributed by atoms with Crippen LogP contribution < -0.4 is 10.6 Å². The van der Waals surface area contributed by atoms with E-state index in [1.54, 1.807) is 0 Å². The van der Waals surface area contributed by atoms with Crippen molar-refractivity contribution in [2.45, 2.75) is 49.8 Å². The van der Waals surface area contributed by atoms with Gasteiger partial charge in [0.2, 0.25) is 5.91 Å². The van der Waals surface area contributed by atoms with E-state index in [-0.39, 0.29) is 23.9 Å². The number of rotatable bonds is 3. The van der Waals surface area contributed by atoms with Crippen LogP contribution in [0, 0.1) is 0 Å². The van der Waals surface area contributed by atoms with Crippen LogP contribution in [-0.2, 0) is 4.79 Å². The summed E-state index contributed by atoms with van der Waals surface area (Å²) in [5.41, 5.74) is -0.318. The van der Waals surface area contributed by atoms with E-state index < -0.39 is 0 Å². The summed E-state index contributed by atoms with van der Waals surface area (Å²) in [4.78, 5) is 12.1. The predicted octanol–water partition coefficient (Wildman–Crippen LogP) is 1.95. The quantitative estimate of drug-likeness (QED) is 0.829. The zero-order chi connectivity index (χ0) is 11.4. The molecule has 2 saturated heterocycles. The van der Waals surface area contributed by atoms with Crippen LogP contribution in [0.15, 0.2) is 0 Å². The molecule has 2 unspecified atom stereocenters. The molecule has 2 heterocycles. The Bertz CT molecular complexity index is 251. The van der Waals surface area contributed by atoms with Crippen LogP contribution >= 0.6 is 24.2 Å². The maximum Gasteiger partial charge on any atom is 0.240 e. The van der Waals surface area contributed by atoms with E-state index in [1.165, 1.54) is 25.0 Å². The van der Waals surface area contributed by atoms with E-state index in [9.17, 15) is 4.79 Å². The summed E-state index contributed by atoms with van der Waals surface area (Å²) in [5, 5.41) is 7.11. The molecule has 17 heavy (non-hydrogen) atoms. The number of thioether (sulfide) groups is 1. The smallest absolute Gasteiger partial charge is 0.240 e. The van der Waals surface area contributed by atoms with E-state index in [0.717, 1.165) is 25.9 Å². The van der Waals surface area contributed by atoms with Gasteiger partial charge in [-0.05, 0) is 51.3 Å². The molecular weight excluding hydrogens is 256 g/mol. The van der Waals surface area contributed by atoms with Gasteiger partial charge in [0, 0.05) is 11.8 Å². The third kappa shape index (κ3) is 4.04. The second-order valence-corrected chi connectivity index (χ2v) is 6.47. The van der Waals surface area contributed by atoms with Crippen LogP contribution in [0.1, 0.15) is 39.0 Å². The summed E-state index contributed by atoms with van der Waals surface area (Å²) in [7, 11) is 0. The summed E-state index contributed by atoms with van der Waals surface area (Å²) in [6.07, 6.45) is 5.89. The summed E-state index contributed by atoms with van der Waals surface area (Å²) >= 11 is 1.99. The number of nitrogens with one attached hydrogen (secondary N) is 2. The summed E-state index contributed by atoms with van der Waals surface area (Å²) < 4.78 is 0. The fourth-order valence-corrected chi connectivity index (χ4v) is 3.66. The van der Waals surface area contributed by atoms with Crippen molar-refractivity contribution < 1.29 is 4.79 Å². The highest BCUT2D eigenvalue weighted by molar-refractivity contribution is 8.00. The second kappa shape index (κ2) is 6.86. The lowest BCUT2D eigenvalue weighted by Crippen LogP contribution is -2.57. The van der Waals surface area contributed by atoms with Crippen molar-refractivity contribution in [2.75, 3.05) is 18.8 Å². The highest BCUT2D eigenvalue weighted by Crippen LogP contribution is 2.25. The molecule has 2 rings (SSSR count). The van der Waals surface area contributed by atoms with Gasteiger partial charge in [-0.25, -0.2) is 0 Å². The molecule has 2 N–H and O–H groups in total. The van der Waals surface area contributed by atoms with E-state index in [1.807, 2.05) is 18.7 Å². The maximum absolute atomic E-state index is 12.1. The molecule has 100 valence electrons. The SMILES string of the molecule is CC1(C(=O)NCC2CCCS2)CCCCN1.Cl. The normalized spacial score (nSPS) is 32.9. The van der Waals surface area contributed by atoms with Crippen LogP contribution in [-0.4, -0.2) is 35.5 Å². The first-order valence-electron chi connectivity index (χ1n) is 6.36. The summed E-state index contributed by atoms with van der Waals surface area (Å²) in [6.45, 7) is 3.85. The molecule has 3 nitrogen and oxygen atoms in total. The molecular formula is C12H23ClN2OS. The van der Waals surface area contributed by atoms with Gasteiger partial charge in [0.15, 0.2) is 0 Å². The molecule has 0 aromatic rings. The fourth-order valence-electron chi connectivity index (χ4n) is 2.46. The monoisotopic (exact) mass is 278 g/mol. The fraction of sp³-hybridized carbons (Fsp3) is 0.917. The van der Waals surface area contributed by atoms with Crippen molar-refractivity contribution in [3.8, 4) is 0 Å². The lowest BCUT2D eigenvalue weighted by atomic mass is 9.90. The first-order chi connectivity index (χ1) is 7.71. The summed E-state index contributed by atoms with van der Waals surface area (Å²) in [6, 6.07) is 0. The van der Waals surface area contributed by atoms with E-state index >= 15 is 0 Å². The topological polar surface area (TPSA) is 41.1 Å². The van der Waals surface area contributed by atoms with Crippen molar-refractivity contribution in [1.82, 2.24) is 10.6 Å². The van der Waals surface area contributed by atoms with Gasteiger partial charge in [0.25, 0.3) is 0 Å². The molecule has 2 atom stereocenters. The standard InChI is InChI=1S/C12H22N2OS.ClH/c1-12(6-2-3-7-14-12)11(15)13-9-10-5-4-8-16-10;/h10,14H,2-9H2,1H3,(H,13,15);1H. The number of carbonyl (C=O) groups excluding carboxylic acids is 1. The minimum absolute atomic E-state index is 0. The zero-order valence-corrected chi connectivity index (χ0v) is 12.1. The molecule has 0 bridgehead atoms. The highest BCUT2D eigenvalue weighted by Gasteiger charge is 2.34. The molecule has 0 radical (unpaired) electrons. The van der Waals surface area contributed by atoms with Crippen LogP contribution in [0.5, 0.6) is 0 Å². The Morgan fingerprint density at radius 2 is 2.29 bits per heavy atom. The number of piperidine rings is 1. The van der Waals surface area contributed by atoms with Gasteiger partial charge in [-0.1, -0.05) is 0 Å². The predicted molar refractivity (Wildman–Crippen MR) is 76.0 cm³/mol. The third-order valence-corrected chi connectivity index (χ3v) is 5.03. The molecule has 1 amide bonds. The second-order valence-electron chi connectivity index (χ2n) is 5.06. The van der Waals surface area contributed by atoms with Crippen molar-refractivity contribution in [3.05, 3.63) is 0 Å². The van der Waals surface area contributed by atoms with Crippen molar-refractivity contribution in [2.24, 2.45) is 0 Å². The van der Waals surface area contributed by atoms with E-state index in [4.69, 9.17) is 0 Å². The van der Waals surface area contributed by atoms with Gasteiger partial charge < -0.3 is 10.6 Å². The van der Waals surface area contributed by atoms with Crippen molar-refractivity contribution in [1.29, 1.82) is 0 Å². The molecule has 5 heteroatoms. The molecule has 0 aromatic carbocycles. The largest absolute Gasteiger partial charge is 0.353 e. The maximum atomic E-state index is 12.1. The van der Waals surface area contributed by atoms with Gasteiger partial charge >= 0.3 is 0 Å². The Morgan fingerprint density at radius 3 is 2.88 bits per heavy atom. The lowest BCUT2D eigenvalue weighted by molar-refractivity contribution is -0.127. The molecule has 0 aliphatic carbocycles. The van der Waals surface area contributed by atoms with Gasteiger partial charge in [-0.3, -0.25) is 4.79 Å². The van der Waals surface area contributed by atoms with E-state index in [2.05, 4.69) is 10.6 Å². The Hall–Kier alpha value is 0.0700. The third-order valence-electron chi connectivity index (χ3n) is 3.63. The zero-order valence-electron chi connectivity index (χ0n) is 10.5. The first-order valence-corrected chi connectivity index (χ1v) is 7.40.